The lowest BCUT2D eigenvalue weighted by atomic mass is 10.4. The number of rotatable bonds is 5. The molecule has 0 aromatic heterocycles. The molecule has 0 atom stereocenters. The highest BCUT2D eigenvalue weighted by molar-refractivity contribution is 4.81. The number of hydrogen-bond donors (Lipinski definition) is 1. The molecule has 60 valence electrons. The molecule has 0 rings (SSSR count). The van der Waals surface area contributed by atoms with E-state index in [1.54, 1.807) is 0 Å². The van der Waals surface area contributed by atoms with Crippen LogP contribution in [0.2, 0.25) is 0 Å². The molecule has 0 aliphatic heterocycles. The Kier molecular flexibility index (Phi) is 6.55. The van der Waals surface area contributed by atoms with E-state index in [0.717, 1.165) is 13.0 Å². The summed E-state index contributed by atoms with van der Waals surface area (Å²) in [5.74, 6) is 0. The Balaban J connectivity index is 3.02. The van der Waals surface area contributed by atoms with E-state index >= 15 is 0 Å². The summed E-state index contributed by atoms with van der Waals surface area (Å²) in [4.78, 5) is 0. The summed E-state index contributed by atoms with van der Waals surface area (Å²) in [7, 11) is 0. The molecule has 0 spiro atoms. The van der Waals surface area contributed by atoms with E-state index in [1.807, 2.05) is 26.0 Å². The lowest BCUT2D eigenvalue weighted by molar-refractivity contribution is 0.102. The van der Waals surface area contributed by atoms with Gasteiger partial charge in [-0.05, 0) is 26.8 Å². The van der Waals surface area contributed by atoms with Gasteiger partial charge in [0.1, 0.15) is 0 Å². The number of ether oxygens (including phenoxy) is 1. The van der Waals surface area contributed by atoms with Crippen molar-refractivity contribution in [3.63, 3.8) is 0 Å². The van der Waals surface area contributed by atoms with Crippen LogP contribution in [0.3, 0.4) is 0 Å². The van der Waals surface area contributed by atoms with Crippen molar-refractivity contribution < 1.29 is 4.74 Å². The summed E-state index contributed by atoms with van der Waals surface area (Å²) >= 11 is 0. The van der Waals surface area contributed by atoms with E-state index in [2.05, 4.69) is 0 Å². The van der Waals surface area contributed by atoms with Crippen LogP contribution in [0.4, 0.5) is 0 Å². The first kappa shape index (κ1) is 9.66. The van der Waals surface area contributed by atoms with E-state index in [0.29, 0.717) is 12.7 Å². The van der Waals surface area contributed by atoms with Gasteiger partial charge in [0.05, 0.1) is 12.7 Å². The molecular weight excluding hydrogens is 126 g/mol. The van der Waals surface area contributed by atoms with Crippen molar-refractivity contribution in [3.8, 4) is 0 Å². The monoisotopic (exact) mass is 143 g/mol. The molecule has 0 aliphatic rings. The Morgan fingerprint density at radius 1 is 1.40 bits per heavy atom. The van der Waals surface area contributed by atoms with Crippen molar-refractivity contribution in [2.75, 3.05) is 13.2 Å². The molecule has 0 bridgehead atoms. The van der Waals surface area contributed by atoms with Gasteiger partial charge in [-0.1, -0.05) is 12.2 Å². The summed E-state index contributed by atoms with van der Waals surface area (Å²) in [5, 5.41) is 0. The molecule has 0 fully saturated rings. The maximum Gasteiger partial charge on any atom is 0.0650 e. The fourth-order valence-electron chi connectivity index (χ4n) is 0.530. The first-order valence-electron chi connectivity index (χ1n) is 3.74. The van der Waals surface area contributed by atoms with Crippen molar-refractivity contribution in [1.29, 1.82) is 0 Å². The molecule has 0 aromatic rings. The minimum atomic E-state index is 0.322. The van der Waals surface area contributed by atoms with Crippen LogP contribution in [0.1, 0.15) is 20.3 Å². The Hall–Kier alpha value is -0.340. The lowest BCUT2D eigenvalue weighted by Gasteiger charge is -2.02. The zero-order valence-corrected chi connectivity index (χ0v) is 6.84. The van der Waals surface area contributed by atoms with Crippen LogP contribution in [0.15, 0.2) is 12.2 Å². The van der Waals surface area contributed by atoms with Crippen molar-refractivity contribution in [2.45, 2.75) is 26.4 Å². The van der Waals surface area contributed by atoms with Crippen LogP contribution >= 0.6 is 0 Å². The van der Waals surface area contributed by atoms with Crippen molar-refractivity contribution in [3.05, 3.63) is 12.2 Å². The molecule has 2 N–H and O–H groups in total. The Bertz CT molecular complexity index is 89.3. The zero-order chi connectivity index (χ0) is 7.82. The third-order valence-corrected chi connectivity index (χ3v) is 1.03. The average molecular weight is 143 g/mol. The highest BCUT2D eigenvalue weighted by Gasteiger charge is 1.86. The molecule has 0 heterocycles. The molecule has 0 aliphatic carbocycles. The van der Waals surface area contributed by atoms with Gasteiger partial charge < -0.3 is 10.5 Å². The molecule has 10 heavy (non-hydrogen) atoms. The molecule has 0 saturated heterocycles. The Morgan fingerprint density at radius 2 is 2.10 bits per heavy atom. The largest absolute Gasteiger partial charge is 0.375 e. The molecule has 0 amide bonds. The first-order chi connectivity index (χ1) is 4.77. The van der Waals surface area contributed by atoms with Crippen molar-refractivity contribution in [1.82, 2.24) is 0 Å². The predicted molar refractivity (Wildman–Crippen MR) is 43.9 cm³/mol. The summed E-state index contributed by atoms with van der Waals surface area (Å²) in [6.07, 6.45) is 5.32. The second kappa shape index (κ2) is 6.78. The number of nitrogens with two attached hydrogens (primary N) is 1. The molecule has 0 unspecified atom stereocenters. The fraction of sp³-hybridized carbons (Fsp3) is 0.750. The summed E-state index contributed by atoms with van der Waals surface area (Å²) in [6, 6.07) is 0. The van der Waals surface area contributed by atoms with Crippen molar-refractivity contribution >= 4 is 0 Å². The van der Waals surface area contributed by atoms with Gasteiger partial charge in [-0.3, -0.25) is 0 Å². The Morgan fingerprint density at radius 3 is 2.60 bits per heavy atom. The number of hydrogen-bond acceptors (Lipinski definition) is 2. The highest BCUT2D eigenvalue weighted by Crippen LogP contribution is 1.88. The second-order valence-electron chi connectivity index (χ2n) is 2.43. The standard InChI is InChI=1S/C8H17NO/c1-8(2)10-7-5-3-4-6-9/h3,5,8H,4,6-7,9H2,1-2H3. The van der Waals surface area contributed by atoms with E-state index < -0.39 is 0 Å². The zero-order valence-electron chi connectivity index (χ0n) is 6.84. The fourth-order valence-corrected chi connectivity index (χ4v) is 0.530. The Labute approximate surface area is 63.1 Å². The van der Waals surface area contributed by atoms with Crippen LogP contribution in [-0.4, -0.2) is 19.3 Å². The van der Waals surface area contributed by atoms with Gasteiger partial charge >= 0.3 is 0 Å². The van der Waals surface area contributed by atoms with Crippen LogP contribution in [0.5, 0.6) is 0 Å². The normalized spacial score (nSPS) is 11.6. The summed E-state index contributed by atoms with van der Waals surface area (Å²) in [5.41, 5.74) is 5.28. The SMILES string of the molecule is CC(C)OCC=CCCN. The van der Waals surface area contributed by atoms with Crippen LogP contribution in [0, 0.1) is 0 Å². The van der Waals surface area contributed by atoms with Gasteiger partial charge in [0.2, 0.25) is 0 Å². The molecule has 0 aromatic carbocycles. The highest BCUT2D eigenvalue weighted by atomic mass is 16.5. The van der Waals surface area contributed by atoms with E-state index in [4.69, 9.17) is 10.5 Å². The summed E-state index contributed by atoms with van der Waals surface area (Å²) < 4.78 is 5.26. The van der Waals surface area contributed by atoms with Crippen LogP contribution < -0.4 is 5.73 Å². The van der Waals surface area contributed by atoms with Crippen LogP contribution in [-0.2, 0) is 4.74 Å². The molecule has 2 nitrogen and oxygen atoms in total. The van der Waals surface area contributed by atoms with Crippen molar-refractivity contribution in [2.24, 2.45) is 5.73 Å². The van der Waals surface area contributed by atoms with Gasteiger partial charge in [-0.2, -0.15) is 0 Å². The minimum absolute atomic E-state index is 0.322. The third-order valence-electron chi connectivity index (χ3n) is 1.03. The van der Waals surface area contributed by atoms with Gasteiger partial charge in [-0.25, -0.2) is 0 Å². The molecule has 0 saturated carbocycles. The van der Waals surface area contributed by atoms with E-state index in [-0.39, 0.29) is 0 Å². The third kappa shape index (κ3) is 7.66. The lowest BCUT2D eigenvalue weighted by Crippen LogP contribution is -2.01. The van der Waals surface area contributed by atoms with E-state index in [1.165, 1.54) is 0 Å². The first-order valence-corrected chi connectivity index (χ1v) is 3.74. The molecule has 2 heteroatoms. The van der Waals surface area contributed by atoms with Gasteiger partial charge in [0, 0.05) is 0 Å². The van der Waals surface area contributed by atoms with Gasteiger partial charge in [0.25, 0.3) is 0 Å². The maximum absolute atomic E-state index is 5.28. The smallest absolute Gasteiger partial charge is 0.0650 e. The quantitative estimate of drug-likeness (QED) is 0.589. The van der Waals surface area contributed by atoms with Crippen LogP contribution in [0.25, 0.3) is 0 Å². The summed E-state index contributed by atoms with van der Waals surface area (Å²) in [6.45, 7) is 5.48. The molecule has 0 radical (unpaired) electrons. The molecular formula is C8H17NO. The minimum Gasteiger partial charge on any atom is -0.375 e. The van der Waals surface area contributed by atoms with Gasteiger partial charge in [0.15, 0.2) is 0 Å². The van der Waals surface area contributed by atoms with E-state index in [9.17, 15) is 0 Å². The maximum atomic E-state index is 5.28. The predicted octanol–water partition coefficient (Wildman–Crippen LogP) is 1.32. The average Bonchev–Trinajstić information content (AvgIpc) is 1.87. The van der Waals surface area contributed by atoms with Gasteiger partial charge in [-0.15, -0.1) is 0 Å². The topological polar surface area (TPSA) is 35.2 Å². The second-order valence-corrected chi connectivity index (χ2v) is 2.43.